The molecular formula is C41H49F3IrNO3S-. The largest absolute Gasteiger partial charge is 0.512 e. The fraction of sp³-hybridized carbons (Fsp3) is 0.463. The number of alkyl halides is 3. The number of hydrogen-bond donors (Lipinski definition) is 1. The molecule has 0 bridgehead atoms. The molecule has 273 valence electrons. The fourth-order valence-electron chi connectivity index (χ4n) is 6.19. The van der Waals surface area contributed by atoms with E-state index >= 15 is 0 Å². The van der Waals surface area contributed by atoms with Crippen molar-refractivity contribution in [3.05, 3.63) is 76.6 Å². The average Bonchev–Trinajstić information content (AvgIpc) is 3.63. The van der Waals surface area contributed by atoms with Crippen LogP contribution < -0.4 is 0 Å². The van der Waals surface area contributed by atoms with Crippen LogP contribution in [0.4, 0.5) is 13.2 Å². The minimum Gasteiger partial charge on any atom is -0.512 e. The molecule has 0 amide bonds. The Balaban J connectivity index is 0.000000361. The van der Waals surface area contributed by atoms with Crippen LogP contribution in [-0.4, -0.2) is 22.1 Å². The van der Waals surface area contributed by atoms with Gasteiger partial charge in [-0.3, -0.25) is 9.78 Å². The van der Waals surface area contributed by atoms with Crippen molar-refractivity contribution in [1.29, 1.82) is 0 Å². The molecule has 0 aliphatic rings. The Labute approximate surface area is 311 Å². The molecule has 9 heteroatoms. The first-order valence-corrected chi connectivity index (χ1v) is 18.2. The number of fused-ring (bicyclic) bond motifs is 4. The van der Waals surface area contributed by atoms with Gasteiger partial charge in [0, 0.05) is 60.4 Å². The first-order valence-electron chi connectivity index (χ1n) is 17.3. The van der Waals surface area contributed by atoms with Crippen LogP contribution in [0.5, 0.6) is 0 Å². The van der Waals surface area contributed by atoms with Crippen molar-refractivity contribution in [1.82, 2.24) is 4.98 Å². The molecule has 0 spiro atoms. The van der Waals surface area contributed by atoms with Crippen molar-refractivity contribution in [3.8, 4) is 11.3 Å². The number of aliphatic hydroxyl groups is 1. The van der Waals surface area contributed by atoms with Gasteiger partial charge in [-0.2, -0.15) is 13.2 Å². The maximum Gasteiger partial charge on any atom is 0.394 e. The smallest absolute Gasteiger partial charge is 0.394 e. The number of aromatic nitrogens is 1. The van der Waals surface area contributed by atoms with Gasteiger partial charge in [-0.15, -0.1) is 40.5 Å². The van der Waals surface area contributed by atoms with Crippen molar-refractivity contribution in [2.75, 3.05) is 0 Å². The predicted octanol–water partition coefficient (Wildman–Crippen LogP) is 13.1. The molecule has 0 atom stereocenters. The van der Waals surface area contributed by atoms with E-state index in [1.54, 1.807) is 17.4 Å². The van der Waals surface area contributed by atoms with Crippen LogP contribution in [0.15, 0.2) is 58.7 Å². The van der Waals surface area contributed by atoms with E-state index in [0.29, 0.717) is 17.0 Å². The summed E-state index contributed by atoms with van der Waals surface area (Å²) in [4.78, 5) is 17.7. The standard InChI is InChI=1S/C28H25F3NOS.C13H24O2.Ir/c1-15(2)21-12-18(11-17-8-6-7-9-20(17)21)24-22-13-19(14-27(4,5)28(29,30)31)33-25(22)26-23(32-24)10-16(3)34-26;1-5-10(6-2)12(14)9-13(15)11(7-3)8-4;/h6-10,12-13,15H,14H2,1-5H3;9-11,14H,5-8H2,1-4H3;/q-1;;/b;12-9-;. The summed E-state index contributed by atoms with van der Waals surface area (Å²) in [5, 5.41) is 12.6. The molecule has 5 aromatic rings. The van der Waals surface area contributed by atoms with Crippen LogP contribution in [-0.2, 0) is 31.3 Å². The summed E-state index contributed by atoms with van der Waals surface area (Å²) in [6.07, 6.45) is 0.332. The Bertz CT molecular complexity index is 1950. The number of allylic oxidation sites excluding steroid dienone is 2. The number of nitrogens with zero attached hydrogens (tertiary/aromatic N) is 1. The van der Waals surface area contributed by atoms with Crippen molar-refractivity contribution < 1.29 is 47.6 Å². The second-order valence-electron chi connectivity index (χ2n) is 13.9. The molecular weight excluding hydrogens is 836 g/mol. The van der Waals surface area contributed by atoms with Gasteiger partial charge in [-0.05, 0) is 50.7 Å². The van der Waals surface area contributed by atoms with Crippen LogP contribution >= 0.6 is 11.3 Å². The van der Waals surface area contributed by atoms with Crippen molar-refractivity contribution in [2.24, 2.45) is 17.3 Å². The van der Waals surface area contributed by atoms with E-state index < -0.39 is 11.6 Å². The zero-order valence-electron chi connectivity index (χ0n) is 30.5. The zero-order chi connectivity index (χ0) is 36.3. The minimum absolute atomic E-state index is 0. The van der Waals surface area contributed by atoms with E-state index in [9.17, 15) is 23.1 Å². The summed E-state index contributed by atoms with van der Waals surface area (Å²) in [6.45, 7) is 16.8. The third-order valence-electron chi connectivity index (χ3n) is 9.46. The van der Waals surface area contributed by atoms with Gasteiger partial charge in [0.1, 0.15) is 11.3 Å². The number of thiophene rings is 1. The summed E-state index contributed by atoms with van der Waals surface area (Å²) in [5.41, 5.74) is 2.17. The number of furan rings is 1. The van der Waals surface area contributed by atoms with Gasteiger partial charge in [0.25, 0.3) is 0 Å². The molecule has 0 aliphatic carbocycles. The number of hydrogen-bond acceptors (Lipinski definition) is 5. The maximum absolute atomic E-state index is 13.6. The number of rotatable bonds is 11. The van der Waals surface area contributed by atoms with Crippen molar-refractivity contribution >= 4 is 49.1 Å². The Kier molecular flexibility index (Phi) is 14.1. The Morgan fingerprint density at radius 2 is 1.60 bits per heavy atom. The third kappa shape index (κ3) is 9.07. The summed E-state index contributed by atoms with van der Waals surface area (Å²) in [5.74, 6) is 1.14. The molecule has 0 fully saturated rings. The summed E-state index contributed by atoms with van der Waals surface area (Å²) in [7, 11) is 0. The Hall–Kier alpha value is -3.00. The number of halogens is 3. The molecule has 1 N–H and O–H groups in total. The quantitative estimate of drug-likeness (QED) is 0.0815. The fourth-order valence-corrected chi connectivity index (χ4v) is 7.13. The van der Waals surface area contributed by atoms with Crippen LogP contribution in [0.1, 0.15) is 103 Å². The number of pyridine rings is 1. The van der Waals surface area contributed by atoms with Crippen LogP contribution in [0, 0.1) is 30.2 Å². The number of carbonyl (C=O) groups is 1. The number of benzene rings is 2. The van der Waals surface area contributed by atoms with E-state index in [0.717, 1.165) is 62.5 Å². The van der Waals surface area contributed by atoms with Gasteiger partial charge in [-0.1, -0.05) is 84.5 Å². The summed E-state index contributed by atoms with van der Waals surface area (Å²) >= 11 is 1.54. The number of aryl methyl sites for hydroxylation is 1. The number of aliphatic hydroxyl groups excluding tert-OH is 1. The van der Waals surface area contributed by atoms with Gasteiger partial charge in [-0.25, -0.2) is 0 Å². The van der Waals surface area contributed by atoms with E-state index in [1.165, 1.54) is 25.5 Å². The van der Waals surface area contributed by atoms with Crippen LogP contribution in [0.25, 0.3) is 43.2 Å². The number of carbonyl (C=O) groups excluding carboxylic acids is 1. The van der Waals surface area contributed by atoms with Gasteiger partial charge < -0.3 is 9.52 Å². The molecule has 1 radical (unpaired) electrons. The Morgan fingerprint density at radius 3 is 2.18 bits per heavy atom. The molecule has 3 heterocycles. The second kappa shape index (κ2) is 17.0. The zero-order valence-corrected chi connectivity index (χ0v) is 33.7. The van der Waals surface area contributed by atoms with Crippen LogP contribution in [0.3, 0.4) is 0 Å². The average molecular weight is 885 g/mol. The van der Waals surface area contributed by atoms with Gasteiger partial charge in [0.2, 0.25) is 0 Å². The molecule has 5 rings (SSSR count). The van der Waals surface area contributed by atoms with Gasteiger partial charge >= 0.3 is 6.18 Å². The van der Waals surface area contributed by atoms with Gasteiger partial charge in [0.05, 0.1) is 21.4 Å². The summed E-state index contributed by atoms with van der Waals surface area (Å²) in [6, 6.07) is 17.5. The molecule has 0 aliphatic heterocycles. The minimum atomic E-state index is -4.33. The molecule has 4 nitrogen and oxygen atoms in total. The third-order valence-corrected chi connectivity index (χ3v) is 10.5. The molecule has 0 unspecified atom stereocenters. The number of ketones is 1. The predicted molar refractivity (Wildman–Crippen MR) is 197 cm³/mol. The molecule has 50 heavy (non-hydrogen) atoms. The first-order chi connectivity index (χ1) is 23.0. The van der Waals surface area contributed by atoms with Gasteiger partial charge in [0.15, 0.2) is 5.78 Å². The Morgan fingerprint density at radius 1 is 0.980 bits per heavy atom. The molecule has 3 aromatic heterocycles. The molecule has 0 saturated carbocycles. The van der Waals surface area contributed by atoms with E-state index in [4.69, 9.17) is 9.40 Å². The van der Waals surface area contributed by atoms with E-state index in [2.05, 4.69) is 32.0 Å². The van der Waals surface area contributed by atoms with Crippen molar-refractivity contribution in [2.45, 2.75) is 107 Å². The van der Waals surface area contributed by atoms with Crippen molar-refractivity contribution in [3.63, 3.8) is 0 Å². The second-order valence-corrected chi connectivity index (χ2v) is 15.1. The normalized spacial score (nSPS) is 12.7. The SMILES string of the molecule is CCC(CC)C(=O)/C=C(\O)C(CC)CC.Cc1cc2nc(-c3[c-]c4ccccc4c(C(C)C)c3)c3cc(CC(C)(C)C(F)(F)F)oc3c2s1.[Ir]. The first kappa shape index (κ1) is 41.4. The van der Waals surface area contributed by atoms with E-state index in [1.807, 2.05) is 58.9 Å². The maximum atomic E-state index is 13.6. The van der Waals surface area contributed by atoms with E-state index in [-0.39, 0.29) is 55.8 Å². The summed E-state index contributed by atoms with van der Waals surface area (Å²) < 4.78 is 47.7. The monoisotopic (exact) mass is 885 g/mol. The molecule has 2 aromatic carbocycles. The topological polar surface area (TPSA) is 63.3 Å². The molecule has 0 saturated heterocycles. The van der Waals surface area contributed by atoms with Crippen LogP contribution in [0.2, 0.25) is 0 Å².